The Labute approximate surface area is 125 Å². The van der Waals surface area contributed by atoms with Gasteiger partial charge in [0.25, 0.3) is 0 Å². The van der Waals surface area contributed by atoms with E-state index in [1.54, 1.807) is 12.1 Å². The molecule has 0 bridgehead atoms. The third-order valence-electron chi connectivity index (χ3n) is 2.66. The van der Waals surface area contributed by atoms with Crippen molar-refractivity contribution in [3.63, 3.8) is 0 Å². The molecule has 0 saturated carbocycles. The third-order valence-corrected chi connectivity index (χ3v) is 3.19. The maximum absolute atomic E-state index is 13.1. The zero-order valence-electron chi connectivity index (χ0n) is 10.2. The first-order valence-electron chi connectivity index (χ1n) is 5.69. The molecule has 2 aromatic rings. The van der Waals surface area contributed by atoms with Crippen molar-refractivity contribution >= 4 is 35.8 Å². The van der Waals surface area contributed by atoms with Crippen molar-refractivity contribution < 1.29 is 19.2 Å². The van der Waals surface area contributed by atoms with E-state index in [1.165, 1.54) is 18.2 Å². The Morgan fingerprint density at radius 1 is 1.10 bits per heavy atom. The van der Waals surface area contributed by atoms with Gasteiger partial charge in [0.1, 0.15) is 18.2 Å². The summed E-state index contributed by atoms with van der Waals surface area (Å²) < 4.78 is 18.6. The molecule has 0 aliphatic heterocycles. The standard InChI is InChI=1S/C13H10BCl2FO3/c15-9-2-4-13(12(16)5-9)20-7-8-1-3-10(17)6-11(8)14(18)19/h1-6,18-19H,7H2. The number of halogens is 3. The fourth-order valence-electron chi connectivity index (χ4n) is 1.69. The molecule has 7 heteroatoms. The minimum atomic E-state index is -1.77. The van der Waals surface area contributed by atoms with Gasteiger partial charge in [0.05, 0.1) is 5.02 Å². The highest BCUT2D eigenvalue weighted by Gasteiger charge is 2.17. The average molecular weight is 315 g/mol. The van der Waals surface area contributed by atoms with E-state index in [0.29, 0.717) is 21.4 Å². The Morgan fingerprint density at radius 2 is 1.85 bits per heavy atom. The minimum Gasteiger partial charge on any atom is -0.487 e. The van der Waals surface area contributed by atoms with Gasteiger partial charge in [0, 0.05) is 5.02 Å². The second-order valence-corrected chi connectivity index (χ2v) is 4.92. The van der Waals surface area contributed by atoms with E-state index < -0.39 is 12.9 Å². The van der Waals surface area contributed by atoms with Gasteiger partial charge in [-0.15, -0.1) is 0 Å². The van der Waals surface area contributed by atoms with Gasteiger partial charge in [-0.1, -0.05) is 29.3 Å². The number of ether oxygens (including phenoxy) is 1. The number of benzene rings is 2. The first-order valence-corrected chi connectivity index (χ1v) is 6.45. The molecule has 0 radical (unpaired) electrons. The largest absolute Gasteiger partial charge is 0.488 e. The Hall–Kier alpha value is -1.27. The molecule has 0 unspecified atom stereocenters. The first-order chi connectivity index (χ1) is 9.47. The lowest BCUT2D eigenvalue weighted by Gasteiger charge is -2.12. The molecule has 0 atom stereocenters. The van der Waals surface area contributed by atoms with Crippen LogP contribution in [0.1, 0.15) is 5.56 Å². The molecule has 20 heavy (non-hydrogen) atoms. The van der Waals surface area contributed by atoms with Crippen molar-refractivity contribution in [3.05, 3.63) is 57.8 Å². The van der Waals surface area contributed by atoms with Crippen molar-refractivity contribution in [3.8, 4) is 5.75 Å². The monoisotopic (exact) mass is 314 g/mol. The molecule has 0 amide bonds. The van der Waals surface area contributed by atoms with Crippen LogP contribution in [0.2, 0.25) is 10.0 Å². The van der Waals surface area contributed by atoms with Crippen molar-refractivity contribution in [2.75, 3.05) is 0 Å². The molecule has 0 aliphatic carbocycles. The normalized spacial score (nSPS) is 10.4. The Kier molecular flexibility index (Phi) is 4.88. The van der Waals surface area contributed by atoms with Gasteiger partial charge < -0.3 is 14.8 Å². The van der Waals surface area contributed by atoms with Gasteiger partial charge in [-0.2, -0.15) is 0 Å². The van der Waals surface area contributed by atoms with Crippen LogP contribution in [0.15, 0.2) is 36.4 Å². The molecular formula is C13H10BCl2FO3. The van der Waals surface area contributed by atoms with Crippen molar-refractivity contribution in [1.29, 1.82) is 0 Å². The summed E-state index contributed by atoms with van der Waals surface area (Å²) in [5.74, 6) is -0.153. The van der Waals surface area contributed by atoms with Gasteiger partial charge in [-0.25, -0.2) is 4.39 Å². The molecule has 3 nitrogen and oxygen atoms in total. The molecule has 2 aromatic carbocycles. The summed E-state index contributed by atoms with van der Waals surface area (Å²) >= 11 is 11.7. The number of hydrogen-bond acceptors (Lipinski definition) is 3. The van der Waals surface area contributed by atoms with Crippen molar-refractivity contribution in [2.45, 2.75) is 6.61 Å². The lowest BCUT2D eigenvalue weighted by Crippen LogP contribution is -2.34. The lowest BCUT2D eigenvalue weighted by atomic mass is 9.77. The van der Waals surface area contributed by atoms with E-state index >= 15 is 0 Å². The molecule has 2 N–H and O–H groups in total. The maximum Gasteiger partial charge on any atom is 0.488 e. The summed E-state index contributed by atoms with van der Waals surface area (Å²) in [5, 5.41) is 19.2. The van der Waals surface area contributed by atoms with Crippen LogP contribution < -0.4 is 10.2 Å². The molecule has 2 rings (SSSR count). The fraction of sp³-hybridized carbons (Fsp3) is 0.0769. The number of rotatable bonds is 4. The van der Waals surface area contributed by atoms with Crippen LogP contribution in [0.3, 0.4) is 0 Å². The van der Waals surface area contributed by atoms with Crippen LogP contribution in [0.4, 0.5) is 4.39 Å². The first kappa shape index (κ1) is 15.1. The van der Waals surface area contributed by atoms with E-state index in [9.17, 15) is 14.4 Å². The summed E-state index contributed by atoms with van der Waals surface area (Å²) in [6.07, 6.45) is 0. The Bertz CT molecular complexity index is 623. The fourth-order valence-corrected chi connectivity index (χ4v) is 2.15. The second kappa shape index (κ2) is 6.46. The van der Waals surface area contributed by atoms with Crippen LogP contribution in [0.25, 0.3) is 0 Å². The van der Waals surface area contributed by atoms with E-state index in [1.807, 2.05) is 0 Å². The quantitative estimate of drug-likeness (QED) is 0.852. The molecule has 0 aliphatic rings. The molecule has 0 fully saturated rings. The maximum atomic E-state index is 13.1. The van der Waals surface area contributed by atoms with Gasteiger partial charge >= 0.3 is 7.12 Å². The van der Waals surface area contributed by atoms with Gasteiger partial charge in [-0.3, -0.25) is 0 Å². The summed E-state index contributed by atoms with van der Waals surface area (Å²) in [6, 6.07) is 8.44. The van der Waals surface area contributed by atoms with Gasteiger partial charge in [-0.05, 0) is 41.4 Å². The molecule has 0 saturated heterocycles. The highest BCUT2D eigenvalue weighted by Crippen LogP contribution is 2.28. The van der Waals surface area contributed by atoms with Gasteiger partial charge in [0.2, 0.25) is 0 Å². The third kappa shape index (κ3) is 3.64. The molecule has 104 valence electrons. The lowest BCUT2D eigenvalue weighted by molar-refractivity contribution is 0.306. The zero-order valence-corrected chi connectivity index (χ0v) is 11.7. The van der Waals surface area contributed by atoms with E-state index in [0.717, 1.165) is 6.07 Å². The second-order valence-electron chi connectivity index (χ2n) is 4.08. The Morgan fingerprint density at radius 3 is 2.50 bits per heavy atom. The minimum absolute atomic E-state index is 0.0224. The smallest absolute Gasteiger partial charge is 0.487 e. The zero-order chi connectivity index (χ0) is 14.7. The van der Waals surface area contributed by atoms with Crippen LogP contribution in [0, 0.1) is 5.82 Å². The summed E-state index contributed by atoms with van der Waals surface area (Å²) in [4.78, 5) is 0. The van der Waals surface area contributed by atoms with Gasteiger partial charge in [0.15, 0.2) is 0 Å². The van der Waals surface area contributed by atoms with Crippen molar-refractivity contribution in [1.82, 2.24) is 0 Å². The highest BCUT2D eigenvalue weighted by molar-refractivity contribution is 6.59. The molecule has 0 heterocycles. The highest BCUT2D eigenvalue weighted by atomic mass is 35.5. The predicted molar refractivity (Wildman–Crippen MR) is 77.0 cm³/mol. The predicted octanol–water partition coefficient (Wildman–Crippen LogP) is 2.39. The summed E-state index contributed by atoms with van der Waals surface area (Å²) in [6.45, 7) is 0.0224. The average Bonchev–Trinajstić information content (AvgIpc) is 2.38. The van der Waals surface area contributed by atoms with Crippen LogP contribution in [-0.2, 0) is 6.61 Å². The Balaban J connectivity index is 2.18. The van der Waals surface area contributed by atoms with Crippen LogP contribution in [0.5, 0.6) is 5.75 Å². The van der Waals surface area contributed by atoms with Crippen molar-refractivity contribution in [2.24, 2.45) is 0 Å². The van der Waals surface area contributed by atoms with Crippen LogP contribution >= 0.6 is 23.2 Å². The topological polar surface area (TPSA) is 49.7 Å². The van der Waals surface area contributed by atoms with E-state index in [-0.39, 0.29) is 12.1 Å². The van der Waals surface area contributed by atoms with E-state index in [2.05, 4.69) is 0 Å². The molecule has 0 aromatic heterocycles. The van der Waals surface area contributed by atoms with E-state index in [4.69, 9.17) is 27.9 Å². The van der Waals surface area contributed by atoms with Crippen LogP contribution in [-0.4, -0.2) is 17.2 Å². The molecular weight excluding hydrogens is 305 g/mol. The summed E-state index contributed by atoms with van der Waals surface area (Å²) in [7, 11) is -1.77. The summed E-state index contributed by atoms with van der Waals surface area (Å²) in [5.41, 5.74) is 0.502. The SMILES string of the molecule is OB(O)c1cc(F)ccc1COc1ccc(Cl)cc1Cl. The molecule has 0 spiro atoms. The number of hydrogen-bond donors (Lipinski definition) is 2.